The smallest absolute Gasteiger partial charge is 0.226 e. The number of rotatable bonds is 3. The molecule has 0 aliphatic carbocycles. The monoisotopic (exact) mass is 248 g/mol. The lowest BCUT2D eigenvalue weighted by molar-refractivity contribution is 0.539. The number of hydrogen-bond acceptors (Lipinski definition) is 3. The van der Waals surface area contributed by atoms with Gasteiger partial charge >= 0.3 is 0 Å². The van der Waals surface area contributed by atoms with E-state index in [1.165, 1.54) is 0 Å². The SMILES string of the molecule is Cc1oc(-c2ccc(Cl)cc2)nc1CN=[N+]=[N-]. The van der Waals surface area contributed by atoms with Gasteiger partial charge in [0.1, 0.15) is 5.76 Å². The average Bonchev–Trinajstić information content (AvgIpc) is 2.69. The van der Waals surface area contributed by atoms with Crippen LogP contribution < -0.4 is 0 Å². The Morgan fingerprint density at radius 1 is 1.41 bits per heavy atom. The van der Waals surface area contributed by atoms with E-state index in [1.54, 1.807) is 19.1 Å². The fourth-order valence-corrected chi connectivity index (χ4v) is 1.52. The molecule has 86 valence electrons. The van der Waals surface area contributed by atoms with Gasteiger partial charge in [-0.3, -0.25) is 0 Å². The van der Waals surface area contributed by atoms with Crippen LogP contribution >= 0.6 is 11.6 Å². The van der Waals surface area contributed by atoms with Gasteiger partial charge in [0.05, 0.1) is 12.2 Å². The van der Waals surface area contributed by atoms with Gasteiger partial charge in [-0.1, -0.05) is 16.7 Å². The van der Waals surface area contributed by atoms with Gasteiger partial charge in [-0.25, -0.2) is 4.98 Å². The fourth-order valence-electron chi connectivity index (χ4n) is 1.39. The number of aryl methyl sites for hydroxylation is 1. The van der Waals surface area contributed by atoms with E-state index in [0.29, 0.717) is 22.4 Å². The van der Waals surface area contributed by atoms with Crippen molar-refractivity contribution in [3.8, 4) is 11.5 Å². The summed E-state index contributed by atoms with van der Waals surface area (Å²) in [6, 6.07) is 7.18. The van der Waals surface area contributed by atoms with Gasteiger partial charge in [0.25, 0.3) is 0 Å². The molecule has 0 bridgehead atoms. The van der Waals surface area contributed by atoms with Gasteiger partial charge in [-0.2, -0.15) is 0 Å². The maximum Gasteiger partial charge on any atom is 0.226 e. The lowest BCUT2D eigenvalue weighted by Gasteiger charge is -1.94. The first-order chi connectivity index (χ1) is 8.20. The zero-order chi connectivity index (χ0) is 12.3. The Hall–Kier alpha value is -1.97. The van der Waals surface area contributed by atoms with Crippen LogP contribution in [0, 0.1) is 6.92 Å². The molecule has 6 heteroatoms. The quantitative estimate of drug-likeness (QED) is 0.466. The molecule has 0 aliphatic heterocycles. The third-order valence-electron chi connectivity index (χ3n) is 2.27. The summed E-state index contributed by atoms with van der Waals surface area (Å²) in [4.78, 5) is 6.96. The summed E-state index contributed by atoms with van der Waals surface area (Å²) in [5.74, 6) is 1.16. The van der Waals surface area contributed by atoms with Gasteiger partial charge < -0.3 is 4.42 Å². The molecule has 0 atom stereocenters. The highest BCUT2D eigenvalue weighted by Crippen LogP contribution is 2.23. The Morgan fingerprint density at radius 2 is 2.12 bits per heavy atom. The molecule has 2 aromatic rings. The molecule has 2 rings (SSSR count). The van der Waals surface area contributed by atoms with Gasteiger partial charge in [0.2, 0.25) is 5.89 Å². The summed E-state index contributed by atoms with van der Waals surface area (Å²) in [5.41, 5.74) is 9.74. The first-order valence-electron chi connectivity index (χ1n) is 4.94. The number of aromatic nitrogens is 1. The van der Waals surface area contributed by atoms with Gasteiger partial charge in [0.15, 0.2) is 0 Å². The van der Waals surface area contributed by atoms with E-state index in [1.807, 2.05) is 12.1 Å². The molecule has 0 saturated carbocycles. The van der Waals surface area contributed by atoms with Crippen molar-refractivity contribution < 1.29 is 4.42 Å². The number of hydrogen-bond donors (Lipinski definition) is 0. The van der Waals surface area contributed by atoms with Crippen molar-refractivity contribution in [3.05, 3.63) is 51.2 Å². The van der Waals surface area contributed by atoms with E-state index < -0.39 is 0 Å². The highest BCUT2D eigenvalue weighted by molar-refractivity contribution is 6.30. The van der Waals surface area contributed by atoms with Crippen molar-refractivity contribution >= 4 is 11.6 Å². The molecule has 17 heavy (non-hydrogen) atoms. The summed E-state index contributed by atoms with van der Waals surface area (Å²) >= 11 is 5.80. The molecule has 1 aromatic heterocycles. The molecule has 1 aromatic carbocycles. The Morgan fingerprint density at radius 3 is 2.76 bits per heavy atom. The zero-order valence-corrected chi connectivity index (χ0v) is 9.85. The van der Waals surface area contributed by atoms with Gasteiger partial charge in [0, 0.05) is 15.5 Å². The van der Waals surface area contributed by atoms with E-state index >= 15 is 0 Å². The van der Waals surface area contributed by atoms with Crippen molar-refractivity contribution in [2.75, 3.05) is 0 Å². The van der Waals surface area contributed by atoms with Crippen LogP contribution in [0.4, 0.5) is 0 Å². The van der Waals surface area contributed by atoms with E-state index in [0.717, 1.165) is 5.56 Å². The van der Waals surface area contributed by atoms with Gasteiger partial charge in [-0.05, 0) is 36.7 Å². The van der Waals surface area contributed by atoms with Crippen molar-refractivity contribution in [3.63, 3.8) is 0 Å². The minimum atomic E-state index is 0.194. The molecule has 1 heterocycles. The Balaban J connectivity index is 2.33. The van der Waals surface area contributed by atoms with Crippen LogP contribution in [0.1, 0.15) is 11.5 Å². The van der Waals surface area contributed by atoms with E-state index in [4.69, 9.17) is 21.5 Å². The van der Waals surface area contributed by atoms with E-state index in [9.17, 15) is 0 Å². The summed E-state index contributed by atoms with van der Waals surface area (Å²) in [6.45, 7) is 1.98. The first-order valence-corrected chi connectivity index (χ1v) is 5.31. The predicted molar refractivity (Wildman–Crippen MR) is 64.5 cm³/mol. The highest BCUT2D eigenvalue weighted by atomic mass is 35.5. The van der Waals surface area contributed by atoms with Crippen molar-refractivity contribution in [2.24, 2.45) is 5.11 Å². The number of azide groups is 1. The predicted octanol–water partition coefficient (Wildman–Crippen LogP) is 4.11. The molecule has 0 amide bonds. The summed E-state index contributed by atoms with van der Waals surface area (Å²) in [7, 11) is 0. The van der Waals surface area contributed by atoms with Crippen LogP contribution in [-0.2, 0) is 6.54 Å². The number of oxazole rings is 1. The Bertz CT molecular complexity index is 570. The lowest BCUT2D eigenvalue weighted by atomic mass is 10.2. The largest absolute Gasteiger partial charge is 0.441 e. The van der Waals surface area contributed by atoms with Gasteiger partial charge in [-0.15, -0.1) is 0 Å². The van der Waals surface area contributed by atoms with Crippen LogP contribution in [0.2, 0.25) is 5.02 Å². The fraction of sp³-hybridized carbons (Fsp3) is 0.182. The standard InChI is InChI=1S/C11H9ClN4O/c1-7-10(6-14-16-13)15-11(17-7)8-2-4-9(12)5-3-8/h2-5H,6H2,1H3. The first kappa shape index (κ1) is 11.5. The van der Waals surface area contributed by atoms with Crippen LogP contribution in [0.15, 0.2) is 33.8 Å². The Kier molecular flexibility index (Phi) is 3.32. The zero-order valence-electron chi connectivity index (χ0n) is 9.09. The van der Waals surface area contributed by atoms with Crippen LogP contribution in [-0.4, -0.2) is 4.98 Å². The van der Waals surface area contributed by atoms with Crippen molar-refractivity contribution in [1.29, 1.82) is 0 Å². The molecular formula is C11H9ClN4O. The normalized spacial score (nSPS) is 10.0. The molecular weight excluding hydrogens is 240 g/mol. The topological polar surface area (TPSA) is 74.8 Å². The molecule has 0 aliphatic rings. The van der Waals surface area contributed by atoms with Crippen LogP contribution in [0.3, 0.4) is 0 Å². The maximum absolute atomic E-state index is 8.26. The molecule has 0 unspecified atom stereocenters. The number of nitrogens with zero attached hydrogens (tertiary/aromatic N) is 4. The number of benzene rings is 1. The van der Waals surface area contributed by atoms with Crippen molar-refractivity contribution in [1.82, 2.24) is 4.98 Å². The Labute approximate surface area is 103 Å². The second kappa shape index (κ2) is 4.91. The summed E-state index contributed by atoms with van der Waals surface area (Å²) in [6.07, 6.45) is 0. The minimum Gasteiger partial charge on any atom is -0.441 e. The lowest BCUT2D eigenvalue weighted by Crippen LogP contribution is -1.83. The van der Waals surface area contributed by atoms with Crippen LogP contribution in [0.5, 0.6) is 0 Å². The third-order valence-corrected chi connectivity index (χ3v) is 2.52. The van der Waals surface area contributed by atoms with Crippen LogP contribution in [0.25, 0.3) is 21.9 Å². The summed E-state index contributed by atoms with van der Waals surface area (Å²) < 4.78 is 5.50. The average molecular weight is 249 g/mol. The van der Waals surface area contributed by atoms with Crippen molar-refractivity contribution in [2.45, 2.75) is 13.5 Å². The van der Waals surface area contributed by atoms with E-state index in [2.05, 4.69) is 15.0 Å². The summed E-state index contributed by atoms with van der Waals surface area (Å²) in [5, 5.41) is 4.12. The second-order valence-electron chi connectivity index (χ2n) is 3.42. The second-order valence-corrected chi connectivity index (χ2v) is 3.85. The molecule has 0 fully saturated rings. The molecule has 5 nitrogen and oxygen atoms in total. The maximum atomic E-state index is 8.26. The number of halogens is 1. The molecule has 0 spiro atoms. The molecule has 0 radical (unpaired) electrons. The molecule has 0 saturated heterocycles. The third kappa shape index (κ3) is 2.58. The molecule has 0 N–H and O–H groups in total. The minimum absolute atomic E-state index is 0.194. The van der Waals surface area contributed by atoms with E-state index in [-0.39, 0.29) is 6.54 Å². The highest BCUT2D eigenvalue weighted by Gasteiger charge is 2.10.